The summed E-state index contributed by atoms with van der Waals surface area (Å²) in [4.78, 5) is 0. The fourth-order valence-corrected chi connectivity index (χ4v) is 1.75. The molecule has 2 heterocycles. The van der Waals surface area contributed by atoms with Gasteiger partial charge in [0.15, 0.2) is 12.6 Å². The second kappa shape index (κ2) is 3.73. The summed E-state index contributed by atoms with van der Waals surface area (Å²) in [5.74, 6) is 0. The predicted octanol–water partition coefficient (Wildman–Crippen LogP) is -1.81. The molecule has 0 spiro atoms. The van der Waals surface area contributed by atoms with Crippen LogP contribution in [0.1, 0.15) is 6.92 Å². The van der Waals surface area contributed by atoms with Gasteiger partial charge in [-0.3, -0.25) is 0 Å². The summed E-state index contributed by atoms with van der Waals surface area (Å²) >= 11 is 0. The van der Waals surface area contributed by atoms with Crippen molar-refractivity contribution in [3.63, 3.8) is 0 Å². The Bertz CT molecular complexity index is 208. The van der Waals surface area contributed by atoms with Crippen LogP contribution >= 0.6 is 0 Å². The van der Waals surface area contributed by atoms with Crippen molar-refractivity contribution in [3.8, 4) is 0 Å². The molecule has 2 aliphatic heterocycles. The van der Waals surface area contributed by atoms with Gasteiger partial charge in [0, 0.05) is 0 Å². The number of ether oxygens (including phenoxy) is 3. The topological polar surface area (TPSA) is 88.4 Å². The minimum absolute atomic E-state index is 0.362. The molecule has 2 aliphatic rings. The molecule has 0 amide bonds. The average Bonchev–Trinajstić information content (AvgIpc) is 2.52. The first-order valence-corrected chi connectivity index (χ1v) is 4.57. The SMILES string of the molecule is C[C@@H]1O[C@@H]2O[C@@H](CO)[C@@H](O)[C@H](O)[C@H]2O1. The van der Waals surface area contributed by atoms with Gasteiger partial charge >= 0.3 is 0 Å². The quantitative estimate of drug-likeness (QED) is 0.468. The molecule has 2 fully saturated rings. The highest BCUT2D eigenvalue weighted by Crippen LogP contribution is 2.30. The van der Waals surface area contributed by atoms with Gasteiger partial charge in [0.25, 0.3) is 0 Å². The van der Waals surface area contributed by atoms with Crippen LogP contribution in [0.4, 0.5) is 0 Å². The Morgan fingerprint density at radius 3 is 2.43 bits per heavy atom. The third-order valence-corrected chi connectivity index (χ3v) is 2.50. The molecule has 0 saturated carbocycles. The van der Waals surface area contributed by atoms with Crippen molar-refractivity contribution >= 4 is 0 Å². The van der Waals surface area contributed by atoms with Crippen molar-refractivity contribution in [3.05, 3.63) is 0 Å². The molecule has 14 heavy (non-hydrogen) atoms. The van der Waals surface area contributed by atoms with E-state index in [9.17, 15) is 10.2 Å². The summed E-state index contributed by atoms with van der Waals surface area (Å²) in [6, 6.07) is 0. The first-order valence-electron chi connectivity index (χ1n) is 4.57. The van der Waals surface area contributed by atoms with Crippen LogP contribution in [-0.2, 0) is 14.2 Å². The largest absolute Gasteiger partial charge is 0.394 e. The second-order valence-electron chi connectivity index (χ2n) is 3.51. The van der Waals surface area contributed by atoms with Crippen LogP contribution in [0.5, 0.6) is 0 Å². The maximum atomic E-state index is 9.62. The molecule has 0 radical (unpaired) electrons. The van der Waals surface area contributed by atoms with E-state index in [2.05, 4.69) is 0 Å². The van der Waals surface area contributed by atoms with E-state index in [0.29, 0.717) is 0 Å². The van der Waals surface area contributed by atoms with Gasteiger partial charge in [-0.05, 0) is 6.92 Å². The standard InChI is InChI=1S/C8H14O6/c1-3-12-7-6(11)5(10)4(2-9)14-8(7)13-3/h3-11H,2H2,1H3/t3-,4-,5+,6-,7+,8+/m0/s1. The minimum Gasteiger partial charge on any atom is -0.394 e. The third-order valence-electron chi connectivity index (χ3n) is 2.50. The van der Waals surface area contributed by atoms with E-state index < -0.39 is 37.0 Å². The molecule has 0 aromatic heterocycles. The van der Waals surface area contributed by atoms with E-state index in [1.165, 1.54) is 0 Å². The Balaban J connectivity index is 2.09. The van der Waals surface area contributed by atoms with Crippen LogP contribution in [-0.4, -0.2) is 58.9 Å². The Kier molecular flexibility index (Phi) is 2.74. The van der Waals surface area contributed by atoms with Gasteiger partial charge in [0.05, 0.1) is 6.61 Å². The third kappa shape index (κ3) is 1.54. The number of rotatable bonds is 1. The minimum atomic E-state index is -1.14. The van der Waals surface area contributed by atoms with E-state index >= 15 is 0 Å². The molecule has 3 N–H and O–H groups in total. The van der Waals surface area contributed by atoms with Crippen molar-refractivity contribution in [1.29, 1.82) is 0 Å². The van der Waals surface area contributed by atoms with Crippen molar-refractivity contribution < 1.29 is 29.5 Å². The highest BCUT2D eigenvalue weighted by Gasteiger charge is 2.50. The fraction of sp³-hybridized carbons (Fsp3) is 1.00. The zero-order chi connectivity index (χ0) is 10.3. The molecular formula is C8H14O6. The molecule has 82 valence electrons. The number of hydrogen-bond acceptors (Lipinski definition) is 6. The van der Waals surface area contributed by atoms with Crippen LogP contribution in [0, 0.1) is 0 Å². The molecule has 6 nitrogen and oxygen atoms in total. The van der Waals surface area contributed by atoms with Crippen molar-refractivity contribution in [2.45, 2.75) is 43.9 Å². The lowest BCUT2D eigenvalue weighted by Gasteiger charge is -2.36. The van der Waals surface area contributed by atoms with Crippen molar-refractivity contribution in [2.24, 2.45) is 0 Å². The lowest BCUT2D eigenvalue weighted by molar-refractivity contribution is -0.252. The summed E-state index contributed by atoms with van der Waals surface area (Å²) < 4.78 is 15.6. The van der Waals surface area contributed by atoms with Gasteiger partial charge in [-0.2, -0.15) is 0 Å². The number of fused-ring (bicyclic) bond motifs is 1. The highest BCUT2D eigenvalue weighted by atomic mass is 16.8. The molecule has 6 atom stereocenters. The molecule has 0 aromatic carbocycles. The summed E-state index contributed by atoms with van der Waals surface area (Å²) in [7, 11) is 0. The summed E-state index contributed by atoms with van der Waals surface area (Å²) in [5, 5.41) is 28.0. The van der Waals surface area contributed by atoms with Crippen LogP contribution in [0.3, 0.4) is 0 Å². The number of hydrogen-bond donors (Lipinski definition) is 3. The fourth-order valence-electron chi connectivity index (χ4n) is 1.75. The Hall–Kier alpha value is -0.240. The first-order chi connectivity index (χ1) is 6.63. The van der Waals surface area contributed by atoms with E-state index in [1.807, 2.05) is 0 Å². The normalized spacial score (nSPS) is 53.1. The van der Waals surface area contributed by atoms with Gasteiger partial charge in [-0.1, -0.05) is 0 Å². The first kappa shape index (κ1) is 10.3. The lowest BCUT2D eigenvalue weighted by Crippen LogP contribution is -2.57. The molecule has 6 heteroatoms. The van der Waals surface area contributed by atoms with Gasteiger partial charge in [0.1, 0.15) is 24.4 Å². The van der Waals surface area contributed by atoms with Crippen LogP contribution in [0.25, 0.3) is 0 Å². The van der Waals surface area contributed by atoms with Crippen molar-refractivity contribution in [1.82, 2.24) is 0 Å². The maximum absolute atomic E-state index is 9.62. The number of aliphatic hydroxyl groups excluding tert-OH is 3. The van der Waals surface area contributed by atoms with Crippen LogP contribution in [0.2, 0.25) is 0 Å². The highest BCUT2D eigenvalue weighted by molar-refractivity contribution is 4.91. The van der Waals surface area contributed by atoms with Gasteiger partial charge in [-0.15, -0.1) is 0 Å². The maximum Gasteiger partial charge on any atom is 0.190 e. The molecule has 0 aliphatic carbocycles. The smallest absolute Gasteiger partial charge is 0.190 e. The molecule has 0 unspecified atom stereocenters. The average molecular weight is 206 g/mol. The predicted molar refractivity (Wildman–Crippen MR) is 43.2 cm³/mol. The zero-order valence-corrected chi connectivity index (χ0v) is 7.74. The molecule has 0 bridgehead atoms. The van der Waals surface area contributed by atoms with Crippen LogP contribution in [0.15, 0.2) is 0 Å². The van der Waals surface area contributed by atoms with Gasteiger partial charge < -0.3 is 29.5 Å². The second-order valence-corrected chi connectivity index (χ2v) is 3.51. The Labute approximate surface area is 81.0 Å². The van der Waals surface area contributed by atoms with Crippen LogP contribution < -0.4 is 0 Å². The Morgan fingerprint density at radius 1 is 1.07 bits per heavy atom. The molecule has 0 aromatic rings. The number of aliphatic hydroxyl groups is 3. The van der Waals surface area contributed by atoms with E-state index in [1.54, 1.807) is 6.92 Å². The molecular weight excluding hydrogens is 192 g/mol. The van der Waals surface area contributed by atoms with Gasteiger partial charge in [-0.25, -0.2) is 0 Å². The molecule has 2 rings (SSSR count). The summed E-state index contributed by atoms with van der Waals surface area (Å²) in [6.45, 7) is 1.31. The van der Waals surface area contributed by atoms with E-state index in [-0.39, 0.29) is 6.61 Å². The lowest BCUT2D eigenvalue weighted by atomic mass is 9.99. The molecule has 2 saturated heterocycles. The zero-order valence-electron chi connectivity index (χ0n) is 7.74. The van der Waals surface area contributed by atoms with E-state index in [4.69, 9.17) is 19.3 Å². The van der Waals surface area contributed by atoms with Gasteiger partial charge in [0.2, 0.25) is 0 Å². The Morgan fingerprint density at radius 2 is 1.79 bits per heavy atom. The van der Waals surface area contributed by atoms with E-state index in [0.717, 1.165) is 0 Å². The monoisotopic (exact) mass is 206 g/mol. The van der Waals surface area contributed by atoms with Crippen molar-refractivity contribution in [2.75, 3.05) is 6.61 Å². The summed E-state index contributed by atoms with van der Waals surface area (Å²) in [5.41, 5.74) is 0. The summed E-state index contributed by atoms with van der Waals surface area (Å²) in [6.07, 6.45) is -4.90.